The lowest BCUT2D eigenvalue weighted by atomic mass is 10.1. The van der Waals surface area contributed by atoms with E-state index in [9.17, 15) is 14.8 Å². The molecule has 2 aromatic rings. The van der Waals surface area contributed by atoms with Gasteiger partial charge in [0.2, 0.25) is 0 Å². The second-order valence-electron chi connectivity index (χ2n) is 5.19. The van der Waals surface area contributed by atoms with Crippen LogP contribution in [0.1, 0.15) is 38.4 Å². The van der Waals surface area contributed by atoms with Crippen LogP contribution in [0.2, 0.25) is 0 Å². The number of hydroxylamine groups is 1. The SMILES string of the molecule is CC(c1ccccc1)N(O)c1cc(=O)n(C(C)C)c(=O)[nH]1. The predicted molar refractivity (Wildman–Crippen MR) is 80.8 cm³/mol. The molecule has 0 saturated carbocycles. The Bertz CT molecular complexity index is 688. The molecule has 1 aromatic heterocycles. The van der Waals surface area contributed by atoms with Crippen LogP contribution in [0.4, 0.5) is 5.82 Å². The molecule has 0 amide bonds. The number of anilines is 1. The van der Waals surface area contributed by atoms with Gasteiger partial charge < -0.3 is 0 Å². The van der Waals surface area contributed by atoms with E-state index in [4.69, 9.17) is 0 Å². The summed E-state index contributed by atoms with van der Waals surface area (Å²) in [7, 11) is 0. The number of hydrogen-bond acceptors (Lipinski definition) is 4. The zero-order valence-corrected chi connectivity index (χ0v) is 12.3. The molecule has 0 aliphatic rings. The van der Waals surface area contributed by atoms with Gasteiger partial charge in [-0.3, -0.25) is 19.6 Å². The molecule has 0 saturated heterocycles. The molecule has 0 bridgehead atoms. The monoisotopic (exact) mass is 289 g/mol. The Hall–Kier alpha value is -2.34. The summed E-state index contributed by atoms with van der Waals surface area (Å²) in [6.07, 6.45) is 0. The van der Waals surface area contributed by atoms with Crippen molar-refractivity contribution in [1.29, 1.82) is 0 Å². The molecule has 0 aliphatic carbocycles. The Labute approximate surface area is 122 Å². The summed E-state index contributed by atoms with van der Waals surface area (Å²) >= 11 is 0. The third kappa shape index (κ3) is 3.05. The van der Waals surface area contributed by atoms with Crippen LogP contribution in [0.15, 0.2) is 46.0 Å². The van der Waals surface area contributed by atoms with Crippen LogP contribution < -0.4 is 16.3 Å². The van der Waals surface area contributed by atoms with E-state index in [-0.39, 0.29) is 11.9 Å². The number of nitrogens with one attached hydrogen (secondary N) is 1. The van der Waals surface area contributed by atoms with Crippen molar-refractivity contribution in [3.05, 3.63) is 62.8 Å². The topological polar surface area (TPSA) is 78.3 Å². The summed E-state index contributed by atoms with van der Waals surface area (Å²) < 4.78 is 1.10. The summed E-state index contributed by atoms with van der Waals surface area (Å²) in [6.45, 7) is 5.28. The van der Waals surface area contributed by atoms with Crippen molar-refractivity contribution >= 4 is 5.82 Å². The average molecular weight is 289 g/mol. The number of aromatic amines is 1. The highest BCUT2D eigenvalue weighted by molar-refractivity contribution is 5.37. The lowest BCUT2D eigenvalue weighted by Crippen LogP contribution is -2.38. The first-order chi connectivity index (χ1) is 9.91. The number of benzene rings is 1. The highest BCUT2D eigenvalue weighted by Crippen LogP contribution is 2.21. The highest BCUT2D eigenvalue weighted by Gasteiger charge is 2.17. The minimum atomic E-state index is -0.535. The first kappa shape index (κ1) is 15.1. The quantitative estimate of drug-likeness (QED) is 0.845. The molecule has 1 aromatic carbocycles. The molecule has 21 heavy (non-hydrogen) atoms. The molecule has 1 unspecified atom stereocenters. The normalized spacial score (nSPS) is 12.4. The zero-order chi connectivity index (χ0) is 15.6. The first-order valence-corrected chi connectivity index (χ1v) is 6.80. The summed E-state index contributed by atoms with van der Waals surface area (Å²) in [6, 6.07) is 9.91. The largest absolute Gasteiger partial charge is 0.330 e. The Morgan fingerprint density at radius 1 is 1.14 bits per heavy atom. The van der Waals surface area contributed by atoms with Crippen LogP contribution in [0.25, 0.3) is 0 Å². The fraction of sp³-hybridized carbons (Fsp3) is 0.333. The Kier molecular flexibility index (Phi) is 4.28. The van der Waals surface area contributed by atoms with Crippen molar-refractivity contribution in [2.75, 3.05) is 5.06 Å². The molecule has 1 atom stereocenters. The van der Waals surface area contributed by atoms with Crippen LogP contribution in [-0.2, 0) is 0 Å². The van der Waals surface area contributed by atoms with Gasteiger partial charge >= 0.3 is 5.69 Å². The number of H-pyrrole nitrogens is 1. The number of hydrogen-bond donors (Lipinski definition) is 2. The Morgan fingerprint density at radius 2 is 1.76 bits per heavy atom. The smallest absolute Gasteiger partial charge is 0.292 e. The van der Waals surface area contributed by atoms with Crippen molar-refractivity contribution in [3.63, 3.8) is 0 Å². The molecule has 6 nitrogen and oxygen atoms in total. The standard InChI is InChI=1S/C15H19N3O3/c1-10(2)17-14(19)9-13(16-15(17)20)18(21)11(3)12-7-5-4-6-8-12/h4-11,21H,1-3H3,(H,16,20). The minimum Gasteiger partial charge on any atom is -0.292 e. The molecular weight excluding hydrogens is 270 g/mol. The summed E-state index contributed by atoms with van der Waals surface area (Å²) in [5.74, 6) is 0.0817. The van der Waals surface area contributed by atoms with Gasteiger partial charge in [0.15, 0.2) is 0 Å². The Balaban J connectivity index is 2.39. The number of rotatable bonds is 4. The van der Waals surface area contributed by atoms with Crippen molar-refractivity contribution < 1.29 is 5.21 Å². The van der Waals surface area contributed by atoms with Gasteiger partial charge in [0.1, 0.15) is 5.82 Å². The maximum Gasteiger partial charge on any atom is 0.330 e. The third-order valence-electron chi connectivity index (χ3n) is 3.36. The van der Waals surface area contributed by atoms with Gasteiger partial charge in [0.05, 0.1) is 6.04 Å². The molecule has 1 heterocycles. The fourth-order valence-electron chi connectivity index (χ4n) is 2.19. The molecule has 6 heteroatoms. The Morgan fingerprint density at radius 3 is 2.29 bits per heavy atom. The van der Waals surface area contributed by atoms with E-state index in [1.165, 1.54) is 6.07 Å². The summed E-state index contributed by atoms with van der Waals surface area (Å²) in [5.41, 5.74) is -0.108. The van der Waals surface area contributed by atoms with Gasteiger partial charge in [-0.25, -0.2) is 9.86 Å². The first-order valence-electron chi connectivity index (χ1n) is 6.80. The van der Waals surface area contributed by atoms with Gasteiger partial charge in [0.25, 0.3) is 5.56 Å². The third-order valence-corrected chi connectivity index (χ3v) is 3.36. The van der Waals surface area contributed by atoms with Gasteiger partial charge in [-0.15, -0.1) is 0 Å². The molecule has 2 N–H and O–H groups in total. The molecule has 112 valence electrons. The molecule has 2 rings (SSSR count). The number of aromatic nitrogens is 2. The summed E-state index contributed by atoms with van der Waals surface area (Å²) in [4.78, 5) is 26.4. The van der Waals surface area contributed by atoms with Crippen LogP contribution >= 0.6 is 0 Å². The zero-order valence-electron chi connectivity index (χ0n) is 12.3. The van der Waals surface area contributed by atoms with E-state index in [0.29, 0.717) is 0 Å². The summed E-state index contributed by atoms with van der Waals surface area (Å²) in [5, 5.41) is 11.1. The van der Waals surface area contributed by atoms with E-state index < -0.39 is 17.3 Å². The second kappa shape index (κ2) is 5.97. The lowest BCUT2D eigenvalue weighted by Gasteiger charge is -2.24. The highest BCUT2D eigenvalue weighted by atomic mass is 16.5. The molecule has 0 radical (unpaired) electrons. The lowest BCUT2D eigenvalue weighted by molar-refractivity contribution is 0.219. The van der Waals surface area contributed by atoms with E-state index in [1.807, 2.05) is 30.3 Å². The average Bonchev–Trinajstić information content (AvgIpc) is 2.45. The second-order valence-corrected chi connectivity index (χ2v) is 5.19. The van der Waals surface area contributed by atoms with Gasteiger partial charge in [0, 0.05) is 12.1 Å². The van der Waals surface area contributed by atoms with E-state index in [2.05, 4.69) is 4.98 Å². The van der Waals surface area contributed by atoms with Gasteiger partial charge in [-0.1, -0.05) is 30.3 Å². The van der Waals surface area contributed by atoms with E-state index in [1.54, 1.807) is 20.8 Å². The molecule has 0 spiro atoms. The molecule has 0 aliphatic heterocycles. The van der Waals surface area contributed by atoms with Crippen molar-refractivity contribution in [3.8, 4) is 0 Å². The van der Waals surface area contributed by atoms with Gasteiger partial charge in [-0.2, -0.15) is 0 Å². The predicted octanol–water partition coefficient (Wildman–Crippen LogP) is 2.07. The van der Waals surface area contributed by atoms with E-state index >= 15 is 0 Å². The maximum atomic E-state index is 12.0. The van der Waals surface area contributed by atoms with Crippen molar-refractivity contribution in [1.82, 2.24) is 9.55 Å². The minimum absolute atomic E-state index is 0.0817. The molecular formula is C15H19N3O3. The van der Waals surface area contributed by atoms with Gasteiger partial charge in [-0.05, 0) is 26.3 Å². The van der Waals surface area contributed by atoms with Crippen LogP contribution in [-0.4, -0.2) is 14.8 Å². The van der Waals surface area contributed by atoms with Crippen LogP contribution in [0.5, 0.6) is 0 Å². The van der Waals surface area contributed by atoms with Crippen molar-refractivity contribution in [2.24, 2.45) is 0 Å². The fourth-order valence-corrected chi connectivity index (χ4v) is 2.19. The molecule has 0 fully saturated rings. The van der Waals surface area contributed by atoms with E-state index in [0.717, 1.165) is 15.2 Å². The van der Waals surface area contributed by atoms with Crippen LogP contribution in [0, 0.1) is 0 Å². The van der Waals surface area contributed by atoms with Crippen molar-refractivity contribution in [2.45, 2.75) is 32.9 Å². The maximum absolute atomic E-state index is 12.0. The number of nitrogens with zero attached hydrogens (tertiary/aromatic N) is 2. The van der Waals surface area contributed by atoms with Crippen LogP contribution in [0.3, 0.4) is 0 Å².